The van der Waals surface area contributed by atoms with Gasteiger partial charge in [0.2, 0.25) is 0 Å². The number of hydrogen-bond acceptors (Lipinski definition) is 1. The van der Waals surface area contributed by atoms with Crippen LogP contribution in [0.4, 0.5) is 0 Å². The first-order valence-electron chi connectivity index (χ1n) is 2.86. The standard InChI is InChI=1S/C7H4ClN2.CH3.K/c8-5-2-1-3-6-7(5)10-4-9-6;;/h2-4H,(H,9,10);1H3;/q2*-1;+1. The first-order valence-corrected chi connectivity index (χ1v) is 3.24. The van der Waals surface area contributed by atoms with Gasteiger partial charge in [0.15, 0.2) is 0 Å². The summed E-state index contributed by atoms with van der Waals surface area (Å²) >= 11 is 5.78. The maximum Gasteiger partial charge on any atom is 1.00 e. The van der Waals surface area contributed by atoms with Crippen LogP contribution >= 0.6 is 11.6 Å². The van der Waals surface area contributed by atoms with Gasteiger partial charge in [-0.05, 0) is 16.1 Å². The fourth-order valence-corrected chi connectivity index (χ4v) is 1.08. The molecule has 0 saturated heterocycles. The second-order valence-corrected chi connectivity index (χ2v) is 2.38. The Balaban J connectivity index is 0.000000605. The minimum Gasteiger partial charge on any atom is -0.398 e. The normalized spacial score (nSPS) is 8.75. The van der Waals surface area contributed by atoms with Crippen LogP contribution in [-0.2, 0) is 0 Å². The molecule has 0 aliphatic rings. The maximum absolute atomic E-state index is 5.78. The molecule has 1 heterocycles. The molecule has 0 aliphatic heterocycles. The Morgan fingerprint density at radius 1 is 1.42 bits per heavy atom. The second kappa shape index (κ2) is 5.37. The number of hydrogen-bond donors (Lipinski definition) is 1. The zero-order valence-electron chi connectivity index (χ0n) is 7.06. The number of benzene rings is 1. The number of aromatic nitrogens is 2. The van der Waals surface area contributed by atoms with E-state index in [-0.39, 0.29) is 58.8 Å². The summed E-state index contributed by atoms with van der Waals surface area (Å²) in [5.74, 6) is 0. The fraction of sp³-hybridized carbons (Fsp3) is 0. The SMILES string of the molecule is Clc1c[c-]cc2[nH]cnc12.[CH3-].[K+]. The zero-order valence-corrected chi connectivity index (χ0v) is 10.9. The molecule has 0 fully saturated rings. The molecule has 0 spiro atoms. The van der Waals surface area contributed by atoms with E-state index in [0.717, 1.165) is 11.0 Å². The van der Waals surface area contributed by atoms with Gasteiger partial charge in [-0.25, -0.2) is 0 Å². The van der Waals surface area contributed by atoms with Gasteiger partial charge in [-0.1, -0.05) is 0 Å². The number of imidazole rings is 1. The van der Waals surface area contributed by atoms with Gasteiger partial charge < -0.3 is 12.4 Å². The monoisotopic (exact) mass is 205 g/mol. The van der Waals surface area contributed by atoms with Crippen LogP contribution < -0.4 is 51.4 Å². The quantitative estimate of drug-likeness (QED) is 0.455. The van der Waals surface area contributed by atoms with Crippen LogP contribution in [0.3, 0.4) is 0 Å². The van der Waals surface area contributed by atoms with Gasteiger partial charge in [0.1, 0.15) is 0 Å². The predicted molar refractivity (Wildman–Crippen MR) is 46.4 cm³/mol. The number of aromatic amines is 1. The van der Waals surface area contributed by atoms with Gasteiger partial charge in [0.05, 0.1) is 6.33 Å². The molecule has 1 aromatic carbocycles. The summed E-state index contributed by atoms with van der Waals surface area (Å²) in [7, 11) is 0. The molecule has 4 heteroatoms. The third-order valence-corrected chi connectivity index (χ3v) is 1.62. The van der Waals surface area contributed by atoms with Gasteiger partial charge in [-0.2, -0.15) is 29.8 Å². The van der Waals surface area contributed by atoms with Crippen molar-refractivity contribution in [2.75, 3.05) is 0 Å². The smallest absolute Gasteiger partial charge is 0.398 e. The van der Waals surface area contributed by atoms with Crippen molar-refractivity contribution in [3.63, 3.8) is 0 Å². The van der Waals surface area contributed by atoms with E-state index in [4.69, 9.17) is 11.6 Å². The van der Waals surface area contributed by atoms with E-state index in [2.05, 4.69) is 16.0 Å². The summed E-state index contributed by atoms with van der Waals surface area (Å²) in [5.41, 5.74) is 1.73. The Labute approximate surface area is 119 Å². The number of halogens is 1. The van der Waals surface area contributed by atoms with Crippen LogP contribution in [0.5, 0.6) is 0 Å². The molecular weight excluding hydrogens is 199 g/mol. The molecule has 12 heavy (non-hydrogen) atoms. The van der Waals surface area contributed by atoms with Crippen molar-refractivity contribution in [3.05, 3.63) is 37.0 Å². The van der Waals surface area contributed by atoms with Crippen molar-refractivity contribution in [1.82, 2.24) is 9.97 Å². The number of rotatable bonds is 0. The largest absolute Gasteiger partial charge is 1.00 e. The molecule has 0 radical (unpaired) electrons. The van der Waals surface area contributed by atoms with Crippen molar-refractivity contribution in [2.24, 2.45) is 0 Å². The van der Waals surface area contributed by atoms with Gasteiger partial charge in [-0.15, -0.1) is 0 Å². The molecule has 0 unspecified atom stereocenters. The Kier molecular flexibility index (Phi) is 5.64. The number of fused-ring (bicyclic) bond motifs is 1. The van der Waals surface area contributed by atoms with Crippen LogP contribution in [0.1, 0.15) is 0 Å². The zero-order chi connectivity index (χ0) is 6.97. The molecule has 1 aromatic heterocycles. The minimum absolute atomic E-state index is 0. The van der Waals surface area contributed by atoms with E-state index in [0.29, 0.717) is 5.02 Å². The van der Waals surface area contributed by atoms with Crippen LogP contribution in [0.15, 0.2) is 18.5 Å². The topological polar surface area (TPSA) is 28.7 Å². The third-order valence-electron chi connectivity index (χ3n) is 1.33. The Morgan fingerprint density at radius 3 is 2.83 bits per heavy atom. The number of H-pyrrole nitrogens is 1. The van der Waals surface area contributed by atoms with Crippen molar-refractivity contribution >= 4 is 22.6 Å². The molecule has 2 rings (SSSR count). The van der Waals surface area contributed by atoms with E-state index in [1.165, 1.54) is 0 Å². The molecule has 0 amide bonds. The molecule has 1 N–H and O–H groups in total. The van der Waals surface area contributed by atoms with Crippen LogP contribution in [0.2, 0.25) is 5.02 Å². The molecule has 0 bridgehead atoms. The second-order valence-electron chi connectivity index (χ2n) is 1.97. The fourth-order valence-electron chi connectivity index (χ4n) is 0.871. The van der Waals surface area contributed by atoms with Crippen molar-refractivity contribution in [1.29, 1.82) is 0 Å². The van der Waals surface area contributed by atoms with E-state index in [1.54, 1.807) is 12.4 Å². The molecule has 58 valence electrons. The van der Waals surface area contributed by atoms with Crippen LogP contribution in [0.25, 0.3) is 11.0 Å². The van der Waals surface area contributed by atoms with Crippen molar-refractivity contribution < 1.29 is 51.4 Å². The van der Waals surface area contributed by atoms with E-state index in [9.17, 15) is 0 Å². The average Bonchev–Trinajstić information content (AvgIpc) is 2.36. The molecule has 2 aromatic rings. The average molecular weight is 206 g/mol. The third kappa shape index (κ3) is 2.31. The van der Waals surface area contributed by atoms with E-state index >= 15 is 0 Å². The maximum atomic E-state index is 5.78. The van der Waals surface area contributed by atoms with Crippen molar-refractivity contribution in [2.45, 2.75) is 0 Å². The molecule has 0 saturated carbocycles. The molecule has 0 aliphatic carbocycles. The Bertz CT molecular complexity index is 359. The summed E-state index contributed by atoms with van der Waals surface area (Å²) in [6.45, 7) is 0. The summed E-state index contributed by atoms with van der Waals surface area (Å²) in [6.07, 6.45) is 1.62. The van der Waals surface area contributed by atoms with Crippen molar-refractivity contribution in [3.8, 4) is 0 Å². The number of nitrogens with one attached hydrogen (secondary N) is 1. The summed E-state index contributed by atoms with van der Waals surface area (Å²) in [6, 6.07) is 6.40. The summed E-state index contributed by atoms with van der Waals surface area (Å²) in [5, 5.41) is 0.638. The minimum atomic E-state index is 0. The molecular formula is C8H7ClKN2-. The van der Waals surface area contributed by atoms with Gasteiger partial charge in [0.25, 0.3) is 0 Å². The summed E-state index contributed by atoms with van der Waals surface area (Å²) in [4.78, 5) is 6.94. The van der Waals surface area contributed by atoms with Crippen LogP contribution in [0, 0.1) is 13.5 Å². The Hall–Kier alpha value is 0.616. The number of nitrogens with zero attached hydrogens (tertiary/aromatic N) is 1. The van der Waals surface area contributed by atoms with Gasteiger partial charge >= 0.3 is 51.4 Å². The van der Waals surface area contributed by atoms with E-state index < -0.39 is 0 Å². The Morgan fingerprint density at radius 2 is 2.17 bits per heavy atom. The van der Waals surface area contributed by atoms with Gasteiger partial charge in [0, 0.05) is 0 Å². The van der Waals surface area contributed by atoms with Gasteiger partial charge in [-0.3, -0.25) is 4.98 Å². The van der Waals surface area contributed by atoms with Crippen LogP contribution in [-0.4, -0.2) is 9.97 Å². The first-order chi connectivity index (χ1) is 4.88. The van der Waals surface area contributed by atoms with E-state index in [1.807, 2.05) is 6.07 Å². The summed E-state index contributed by atoms with van der Waals surface area (Å²) < 4.78 is 0. The first kappa shape index (κ1) is 12.6. The molecule has 2 nitrogen and oxygen atoms in total. The predicted octanol–water partition coefficient (Wildman–Crippen LogP) is -0.529. The molecule has 0 atom stereocenters.